The van der Waals surface area contributed by atoms with E-state index in [1.807, 2.05) is 0 Å². The van der Waals surface area contributed by atoms with Crippen molar-refractivity contribution in [3.8, 4) is 0 Å². The van der Waals surface area contributed by atoms with Gasteiger partial charge < -0.3 is 5.32 Å². The van der Waals surface area contributed by atoms with Crippen LogP contribution in [-0.4, -0.2) is 12.3 Å². The monoisotopic (exact) mass is 215 g/mol. The zero-order valence-corrected chi connectivity index (χ0v) is 9.62. The average molecular weight is 215 g/mol. The third-order valence-electron chi connectivity index (χ3n) is 2.98. The molecule has 1 N–H and O–H groups in total. The van der Waals surface area contributed by atoms with Gasteiger partial charge in [0.25, 0.3) is 0 Å². The maximum absolute atomic E-state index is 11.0. The lowest BCUT2D eigenvalue weighted by atomic mass is 10.1. The summed E-state index contributed by atoms with van der Waals surface area (Å²) >= 11 is 0. The molecule has 0 saturated carbocycles. The summed E-state index contributed by atoms with van der Waals surface area (Å²) in [5.74, 6) is 0.249. The fraction of sp³-hybridized carbons (Fsp3) is 0.357. The maximum atomic E-state index is 11.0. The second kappa shape index (κ2) is 4.97. The summed E-state index contributed by atoms with van der Waals surface area (Å²) in [7, 11) is 0. The number of carbonyl (C=O) groups excluding carboxylic acids is 1. The van der Waals surface area contributed by atoms with Crippen LogP contribution >= 0.6 is 0 Å². The van der Waals surface area contributed by atoms with E-state index >= 15 is 0 Å². The molecule has 1 aromatic carbocycles. The molecule has 0 spiro atoms. The van der Waals surface area contributed by atoms with Gasteiger partial charge in [-0.2, -0.15) is 0 Å². The minimum Gasteiger partial charge on any atom is -0.388 e. The lowest BCUT2D eigenvalue weighted by Gasteiger charge is -2.08. The molecule has 2 rings (SSSR count). The van der Waals surface area contributed by atoms with Gasteiger partial charge >= 0.3 is 0 Å². The third kappa shape index (κ3) is 2.72. The summed E-state index contributed by atoms with van der Waals surface area (Å²) < 4.78 is 0. The van der Waals surface area contributed by atoms with Crippen LogP contribution in [0.25, 0.3) is 0 Å². The molecule has 1 aliphatic carbocycles. The number of hydrogen-bond donors (Lipinski definition) is 1. The van der Waals surface area contributed by atoms with Gasteiger partial charge in [-0.15, -0.1) is 0 Å². The third-order valence-corrected chi connectivity index (χ3v) is 2.98. The van der Waals surface area contributed by atoms with Crippen molar-refractivity contribution in [1.29, 1.82) is 0 Å². The lowest BCUT2D eigenvalue weighted by Crippen LogP contribution is -2.15. The van der Waals surface area contributed by atoms with E-state index in [1.54, 1.807) is 6.08 Å². The number of hydrogen-bond acceptors (Lipinski definition) is 2. The molecule has 0 fully saturated rings. The molecular formula is C14H17NO. The van der Waals surface area contributed by atoms with Crippen molar-refractivity contribution < 1.29 is 4.79 Å². The van der Waals surface area contributed by atoms with Crippen LogP contribution in [0.15, 0.2) is 36.0 Å². The largest absolute Gasteiger partial charge is 0.388 e. The first-order chi connectivity index (χ1) is 7.75. The Morgan fingerprint density at radius 3 is 2.75 bits per heavy atom. The SMILES string of the molecule is Cc1ccccc1CCNC1=CC(=O)CC1. The Bertz CT molecular complexity index is 420. The summed E-state index contributed by atoms with van der Waals surface area (Å²) in [4.78, 5) is 11.0. The highest BCUT2D eigenvalue weighted by Gasteiger charge is 2.10. The molecule has 2 nitrogen and oxygen atoms in total. The smallest absolute Gasteiger partial charge is 0.157 e. The second-order valence-electron chi connectivity index (χ2n) is 4.24. The molecule has 16 heavy (non-hydrogen) atoms. The van der Waals surface area contributed by atoms with E-state index in [2.05, 4.69) is 36.5 Å². The molecule has 0 amide bonds. The number of rotatable bonds is 4. The predicted molar refractivity (Wildman–Crippen MR) is 65.2 cm³/mol. The summed E-state index contributed by atoms with van der Waals surface area (Å²) in [6.45, 7) is 3.04. The van der Waals surface area contributed by atoms with Crippen molar-refractivity contribution in [3.63, 3.8) is 0 Å². The molecule has 0 aliphatic heterocycles. The van der Waals surface area contributed by atoms with E-state index in [4.69, 9.17) is 0 Å². The maximum Gasteiger partial charge on any atom is 0.157 e. The molecule has 2 heteroatoms. The molecule has 1 aromatic rings. The predicted octanol–water partition coefficient (Wildman–Crippen LogP) is 2.37. The first-order valence-electron chi connectivity index (χ1n) is 5.77. The van der Waals surface area contributed by atoms with E-state index in [9.17, 15) is 4.79 Å². The van der Waals surface area contributed by atoms with Gasteiger partial charge in [0, 0.05) is 24.7 Å². The fourth-order valence-corrected chi connectivity index (χ4v) is 1.98. The summed E-state index contributed by atoms with van der Waals surface area (Å²) in [5, 5.41) is 3.33. The van der Waals surface area contributed by atoms with Gasteiger partial charge in [0.1, 0.15) is 0 Å². The topological polar surface area (TPSA) is 29.1 Å². The highest BCUT2D eigenvalue weighted by molar-refractivity contribution is 5.92. The van der Waals surface area contributed by atoms with E-state index in [0.29, 0.717) is 6.42 Å². The quantitative estimate of drug-likeness (QED) is 0.835. The molecule has 0 heterocycles. The van der Waals surface area contributed by atoms with E-state index in [1.165, 1.54) is 11.1 Å². The lowest BCUT2D eigenvalue weighted by molar-refractivity contribution is -0.114. The zero-order valence-electron chi connectivity index (χ0n) is 9.62. The number of benzene rings is 1. The Balaban J connectivity index is 1.83. The summed E-state index contributed by atoms with van der Waals surface area (Å²) in [5.41, 5.74) is 3.80. The standard InChI is InChI=1S/C14H17NO/c1-11-4-2-3-5-12(11)8-9-15-13-6-7-14(16)10-13/h2-5,10,15H,6-9H2,1H3. The van der Waals surface area contributed by atoms with Crippen LogP contribution in [0.4, 0.5) is 0 Å². The summed E-state index contributed by atoms with van der Waals surface area (Å²) in [6.07, 6.45) is 4.30. The minimum absolute atomic E-state index is 0.249. The molecule has 0 radical (unpaired) electrons. The van der Waals surface area contributed by atoms with Crippen LogP contribution in [-0.2, 0) is 11.2 Å². The summed E-state index contributed by atoms with van der Waals surface area (Å²) in [6, 6.07) is 8.42. The minimum atomic E-state index is 0.249. The normalized spacial score (nSPS) is 15.1. The molecule has 0 bridgehead atoms. The van der Waals surface area contributed by atoms with E-state index < -0.39 is 0 Å². The first-order valence-corrected chi connectivity index (χ1v) is 5.77. The Labute approximate surface area is 96.4 Å². The van der Waals surface area contributed by atoms with Gasteiger partial charge in [-0.05, 0) is 30.9 Å². The van der Waals surface area contributed by atoms with Crippen LogP contribution < -0.4 is 5.32 Å². The number of carbonyl (C=O) groups is 1. The van der Waals surface area contributed by atoms with Crippen molar-refractivity contribution in [2.45, 2.75) is 26.2 Å². The number of ketones is 1. The highest BCUT2D eigenvalue weighted by Crippen LogP contribution is 2.12. The number of nitrogens with one attached hydrogen (secondary N) is 1. The Hall–Kier alpha value is -1.57. The Morgan fingerprint density at radius 1 is 1.25 bits per heavy atom. The van der Waals surface area contributed by atoms with Gasteiger partial charge in [-0.1, -0.05) is 24.3 Å². The van der Waals surface area contributed by atoms with Gasteiger partial charge in [0.2, 0.25) is 0 Å². The molecule has 84 valence electrons. The zero-order chi connectivity index (χ0) is 11.4. The van der Waals surface area contributed by atoms with Crippen molar-refractivity contribution in [3.05, 3.63) is 47.2 Å². The Morgan fingerprint density at radius 2 is 2.06 bits per heavy atom. The van der Waals surface area contributed by atoms with Crippen molar-refractivity contribution in [1.82, 2.24) is 5.32 Å². The highest BCUT2D eigenvalue weighted by atomic mass is 16.1. The van der Waals surface area contributed by atoms with Crippen LogP contribution in [0.3, 0.4) is 0 Å². The molecule has 0 unspecified atom stereocenters. The van der Waals surface area contributed by atoms with Crippen LogP contribution in [0, 0.1) is 6.92 Å². The van der Waals surface area contributed by atoms with Crippen molar-refractivity contribution >= 4 is 5.78 Å². The molecular weight excluding hydrogens is 198 g/mol. The van der Waals surface area contributed by atoms with Crippen molar-refractivity contribution in [2.75, 3.05) is 6.54 Å². The van der Waals surface area contributed by atoms with Gasteiger partial charge in [-0.25, -0.2) is 0 Å². The average Bonchev–Trinajstić information content (AvgIpc) is 2.67. The molecule has 0 saturated heterocycles. The van der Waals surface area contributed by atoms with Crippen LogP contribution in [0.1, 0.15) is 24.0 Å². The van der Waals surface area contributed by atoms with E-state index in [0.717, 1.165) is 25.1 Å². The fourth-order valence-electron chi connectivity index (χ4n) is 1.98. The van der Waals surface area contributed by atoms with Gasteiger partial charge in [-0.3, -0.25) is 4.79 Å². The number of allylic oxidation sites excluding steroid dienone is 2. The van der Waals surface area contributed by atoms with Crippen LogP contribution in [0.2, 0.25) is 0 Å². The van der Waals surface area contributed by atoms with Gasteiger partial charge in [0.15, 0.2) is 5.78 Å². The first kappa shape index (κ1) is 10.9. The number of aryl methyl sites for hydroxylation is 1. The molecule has 1 aliphatic rings. The Kier molecular flexibility index (Phi) is 3.40. The van der Waals surface area contributed by atoms with Crippen LogP contribution in [0.5, 0.6) is 0 Å². The van der Waals surface area contributed by atoms with E-state index in [-0.39, 0.29) is 5.78 Å². The molecule has 0 aromatic heterocycles. The second-order valence-corrected chi connectivity index (χ2v) is 4.24. The van der Waals surface area contributed by atoms with Crippen molar-refractivity contribution in [2.24, 2.45) is 0 Å². The molecule has 0 atom stereocenters. The van der Waals surface area contributed by atoms with Gasteiger partial charge in [0.05, 0.1) is 0 Å².